The molecule has 0 aliphatic heterocycles. The molecule has 0 aromatic carbocycles. The van der Waals surface area contributed by atoms with E-state index in [9.17, 15) is 4.79 Å². The van der Waals surface area contributed by atoms with Crippen molar-refractivity contribution in [3.63, 3.8) is 0 Å². The minimum absolute atomic E-state index is 0.165. The van der Waals surface area contributed by atoms with Gasteiger partial charge in [0.15, 0.2) is 0 Å². The molecule has 0 aliphatic carbocycles. The van der Waals surface area contributed by atoms with E-state index in [-0.39, 0.29) is 6.61 Å². The van der Waals surface area contributed by atoms with E-state index in [0.29, 0.717) is 17.9 Å². The molecule has 0 atom stereocenters. The van der Waals surface area contributed by atoms with E-state index < -0.39 is 8.07 Å². The van der Waals surface area contributed by atoms with Crippen LogP contribution in [0.4, 0.5) is 5.69 Å². The second-order valence-corrected chi connectivity index (χ2v) is 10.6. The second kappa shape index (κ2) is 6.52. The molecular weight excluding hydrogens is 256 g/mol. The summed E-state index contributed by atoms with van der Waals surface area (Å²) in [5.74, 6) is 0. The molecular formula is C14H22N2O2Si. The molecule has 2 N–H and O–H groups in total. The predicted molar refractivity (Wildman–Crippen MR) is 81.3 cm³/mol. The number of carbonyl (C=O) groups excluding carboxylic acids is 1. The number of nitrogen functional groups attached to an aromatic ring is 1. The third-order valence-electron chi connectivity index (χ3n) is 2.61. The highest BCUT2D eigenvalue weighted by Crippen LogP contribution is 2.21. The number of nitrogens with zero attached hydrogens (tertiary/aromatic N) is 1. The molecule has 0 amide bonds. The monoisotopic (exact) mass is 278 g/mol. The van der Waals surface area contributed by atoms with E-state index >= 15 is 0 Å². The molecule has 0 fully saturated rings. The molecule has 104 valence electrons. The third kappa shape index (κ3) is 4.87. The number of ether oxygens (including phenoxy) is 1. The van der Waals surface area contributed by atoms with Gasteiger partial charge in [0.2, 0.25) is 0 Å². The average molecular weight is 278 g/mol. The number of anilines is 1. The maximum Gasteiger partial charge on any atom is 0.293 e. The maximum absolute atomic E-state index is 10.2. The zero-order valence-corrected chi connectivity index (χ0v) is 13.1. The lowest BCUT2D eigenvalue weighted by atomic mass is 10.1. The SMILES string of the molecule is CCc1nc(COC=O)cc(N)c1C=C[Si](C)(C)C. The van der Waals surface area contributed by atoms with Crippen LogP contribution in [0.15, 0.2) is 11.8 Å². The lowest BCUT2D eigenvalue weighted by Gasteiger charge is -2.12. The van der Waals surface area contributed by atoms with Crippen molar-refractivity contribution >= 4 is 26.3 Å². The molecule has 0 spiro atoms. The van der Waals surface area contributed by atoms with Crippen molar-refractivity contribution in [2.75, 3.05) is 5.73 Å². The topological polar surface area (TPSA) is 65.2 Å². The normalized spacial score (nSPS) is 11.8. The van der Waals surface area contributed by atoms with Gasteiger partial charge in [0.25, 0.3) is 6.47 Å². The van der Waals surface area contributed by atoms with Crippen molar-refractivity contribution in [2.45, 2.75) is 39.6 Å². The lowest BCUT2D eigenvalue weighted by molar-refractivity contribution is -0.129. The summed E-state index contributed by atoms with van der Waals surface area (Å²) >= 11 is 0. The van der Waals surface area contributed by atoms with Crippen LogP contribution in [0.1, 0.15) is 23.9 Å². The summed E-state index contributed by atoms with van der Waals surface area (Å²) in [5, 5.41) is 0. The van der Waals surface area contributed by atoms with Crippen LogP contribution in [-0.4, -0.2) is 19.5 Å². The molecule has 1 aromatic heterocycles. The summed E-state index contributed by atoms with van der Waals surface area (Å²) in [4.78, 5) is 14.7. The van der Waals surface area contributed by atoms with Crippen LogP contribution in [0.2, 0.25) is 19.6 Å². The highest BCUT2D eigenvalue weighted by atomic mass is 28.3. The molecule has 1 aromatic rings. The smallest absolute Gasteiger partial charge is 0.293 e. The third-order valence-corrected chi connectivity index (χ3v) is 3.77. The quantitative estimate of drug-likeness (QED) is 0.642. The van der Waals surface area contributed by atoms with Crippen molar-refractivity contribution in [1.82, 2.24) is 4.98 Å². The van der Waals surface area contributed by atoms with Crippen LogP contribution in [0.5, 0.6) is 0 Å². The van der Waals surface area contributed by atoms with Crippen molar-refractivity contribution in [1.29, 1.82) is 0 Å². The van der Waals surface area contributed by atoms with E-state index in [2.05, 4.69) is 36.4 Å². The Labute approximate surface area is 115 Å². The van der Waals surface area contributed by atoms with Crippen LogP contribution in [-0.2, 0) is 22.6 Å². The van der Waals surface area contributed by atoms with Gasteiger partial charge in [0.05, 0.1) is 13.8 Å². The van der Waals surface area contributed by atoms with Crippen LogP contribution in [0.25, 0.3) is 6.08 Å². The Hall–Kier alpha value is -1.62. The first kappa shape index (κ1) is 15.4. The fraction of sp³-hybridized carbons (Fsp3) is 0.429. The van der Waals surface area contributed by atoms with Gasteiger partial charge in [-0.2, -0.15) is 0 Å². The molecule has 0 saturated carbocycles. The van der Waals surface area contributed by atoms with E-state index in [1.807, 2.05) is 6.92 Å². The molecule has 1 heterocycles. The highest BCUT2D eigenvalue weighted by molar-refractivity contribution is 6.81. The number of aromatic nitrogens is 1. The molecule has 5 heteroatoms. The van der Waals surface area contributed by atoms with Gasteiger partial charge in [-0.3, -0.25) is 9.78 Å². The number of aryl methyl sites for hydroxylation is 1. The largest absolute Gasteiger partial charge is 0.461 e. The van der Waals surface area contributed by atoms with Gasteiger partial charge in [-0.1, -0.05) is 38.3 Å². The zero-order valence-electron chi connectivity index (χ0n) is 12.1. The summed E-state index contributed by atoms with van der Waals surface area (Å²) in [6.45, 7) is 9.43. The Morgan fingerprint density at radius 1 is 1.42 bits per heavy atom. The number of hydrogen-bond acceptors (Lipinski definition) is 4. The Morgan fingerprint density at radius 3 is 2.63 bits per heavy atom. The van der Waals surface area contributed by atoms with Crippen molar-refractivity contribution < 1.29 is 9.53 Å². The maximum atomic E-state index is 10.2. The molecule has 1 rings (SSSR count). The fourth-order valence-corrected chi connectivity index (χ4v) is 2.34. The fourth-order valence-electron chi connectivity index (χ4n) is 1.68. The summed E-state index contributed by atoms with van der Waals surface area (Å²) < 4.78 is 4.72. The summed E-state index contributed by atoms with van der Waals surface area (Å²) in [6, 6.07) is 1.77. The van der Waals surface area contributed by atoms with Gasteiger partial charge in [-0.15, -0.1) is 0 Å². The Morgan fingerprint density at radius 2 is 2.11 bits per heavy atom. The minimum atomic E-state index is -1.27. The van der Waals surface area contributed by atoms with E-state index in [0.717, 1.165) is 17.7 Å². The number of rotatable bonds is 6. The molecule has 19 heavy (non-hydrogen) atoms. The van der Waals surface area contributed by atoms with Crippen LogP contribution >= 0.6 is 0 Å². The first-order valence-corrected chi connectivity index (χ1v) is 9.98. The number of hydrogen-bond donors (Lipinski definition) is 1. The van der Waals surface area contributed by atoms with Crippen LogP contribution in [0.3, 0.4) is 0 Å². The first-order chi connectivity index (χ1) is 8.87. The predicted octanol–water partition coefficient (Wildman–Crippen LogP) is 2.79. The van der Waals surface area contributed by atoms with Gasteiger partial charge in [0, 0.05) is 16.9 Å². The Kier molecular flexibility index (Phi) is 5.29. The van der Waals surface area contributed by atoms with Gasteiger partial charge in [0.1, 0.15) is 6.61 Å². The van der Waals surface area contributed by atoms with Gasteiger partial charge >= 0.3 is 0 Å². The molecule has 0 bridgehead atoms. The van der Waals surface area contributed by atoms with Crippen molar-refractivity contribution in [3.8, 4) is 0 Å². The van der Waals surface area contributed by atoms with Gasteiger partial charge < -0.3 is 10.5 Å². The Bertz CT molecular complexity index is 479. The van der Waals surface area contributed by atoms with Crippen LogP contribution in [0, 0.1) is 0 Å². The standard InChI is InChI=1S/C14H22N2O2Si/c1-5-14-12(6-7-19(2,3)4)13(15)8-11(16-14)9-18-10-17/h6-8,10H,5,9H2,1-4H3,(H2,15,16). The summed E-state index contributed by atoms with van der Waals surface area (Å²) in [7, 11) is -1.27. The number of carbonyl (C=O) groups is 1. The molecule has 4 nitrogen and oxygen atoms in total. The highest BCUT2D eigenvalue weighted by Gasteiger charge is 2.11. The zero-order chi connectivity index (χ0) is 14.5. The second-order valence-electron chi connectivity index (χ2n) is 5.52. The van der Waals surface area contributed by atoms with Crippen molar-refractivity contribution in [2.24, 2.45) is 0 Å². The number of nitrogens with two attached hydrogens (primary N) is 1. The number of pyridine rings is 1. The molecule has 0 saturated heterocycles. The van der Waals surface area contributed by atoms with Gasteiger partial charge in [-0.25, -0.2) is 0 Å². The average Bonchev–Trinajstić information content (AvgIpc) is 2.33. The van der Waals surface area contributed by atoms with Crippen LogP contribution < -0.4 is 5.73 Å². The first-order valence-electron chi connectivity index (χ1n) is 6.40. The van der Waals surface area contributed by atoms with E-state index in [1.165, 1.54) is 0 Å². The van der Waals surface area contributed by atoms with Crippen molar-refractivity contribution in [3.05, 3.63) is 28.7 Å². The minimum Gasteiger partial charge on any atom is -0.461 e. The summed E-state index contributed by atoms with van der Waals surface area (Å²) in [5.41, 5.74) is 11.6. The molecule has 0 aliphatic rings. The molecule has 0 unspecified atom stereocenters. The summed E-state index contributed by atoms with van der Waals surface area (Å²) in [6.07, 6.45) is 2.88. The molecule has 0 radical (unpaired) electrons. The lowest BCUT2D eigenvalue weighted by Crippen LogP contribution is -2.15. The van der Waals surface area contributed by atoms with Gasteiger partial charge in [-0.05, 0) is 12.5 Å². The van der Waals surface area contributed by atoms with E-state index in [4.69, 9.17) is 10.5 Å². The Balaban J connectivity index is 3.11. The van der Waals surface area contributed by atoms with E-state index in [1.54, 1.807) is 6.07 Å².